The predicted octanol–water partition coefficient (Wildman–Crippen LogP) is 9.09. The zero-order valence-corrected chi connectivity index (χ0v) is 20.9. The lowest BCUT2D eigenvalue weighted by molar-refractivity contribution is 0.570. The number of hydrogen-bond donors (Lipinski definition) is 0. The number of hydrogen-bond acceptors (Lipinski definition) is 0. The van der Waals surface area contributed by atoms with Crippen molar-refractivity contribution in [2.45, 2.75) is 41.5 Å². The Hall–Kier alpha value is -3.74. The van der Waals surface area contributed by atoms with Crippen LogP contribution in [-0.2, 0) is 0 Å². The summed E-state index contributed by atoms with van der Waals surface area (Å²) in [5.74, 6) is 14.2. The van der Waals surface area contributed by atoms with Crippen LogP contribution in [0.2, 0.25) is 0 Å². The molecule has 0 unspecified atom stereocenters. The van der Waals surface area contributed by atoms with Gasteiger partial charge in [-0.2, -0.15) is 0 Å². The van der Waals surface area contributed by atoms with Crippen LogP contribution in [0.4, 0.5) is 0 Å². The Morgan fingerprint density at radius 2 is 0.706 bits per heavy atom. The van der Waals surface area contributed by atoms with Gasteiger partial charge in [-0.3, -0.25) is 0 Å². The quantitative estimate of drug-likeness (QED) is 0.167. The molecule has 0 nitrogen and oxygen atoms in total. The van der Waals surface area contributed by atoms with Crippen LogP contribution in [0, 0.1) is 34.5 Å². The third-order valence-corrected chi connectivity index (χ3v) is 5.97. The Morgan fingerprint density at radius 1 is 0.441 bits per heavy atom. The molecule has 0 heterocycles. The second kappa shape index (κ2) is 7.94. The smallest absolute Gasteiger partial charge is 0.0403 e. The van der Waals surface area contributed by atoms with Crippen molar-refractivity contribution in [1.82, 2.24) is 0 Å². The van der Waals surface area contributed by atoms with Gasteiger partial charge in [0.1, 0.15) is 0 Å². The Morgan fingerprint density at radius 3 is 0.941 bits per heavy atom. The molecule has 0 saturated carbocycles. The van der Waals surface area contributed by atoms with E-state index in [-0.39, 0.29) is 10.8 Å². The molecule has 0 radical (unpaired) electrons. The summed E-state index contributed by atoms with van der Waals surface area (Å²) in [6, 6.07) is 26.3. The van der Waals surface area contributed by atoms with Crippen LogP contribution in [0.15, 0.2) is 72.8 Å². The molecule has 0 N–H and O–H groups in total. The fraction of sp³-hybridized carbons (Fsp3) is 0.235. The van der Waals surface area contributed by atoms with Crippen molar-refractivity contribution in [3.63, 3.8) is 0 Å². The maximum Gasteiger partial charge on any atom is 0.0403 e. The number of rotatable bonds is 0. The fourth-order valence-electron chi connectivity index (χ4n) is 4.37. The first-order chi connectivity index (χ1) is 16.1. The molecule has 0 aliphatic rings. The lowest BCUT2D eigenvalue weighted by atomic mass is 9.87. The molecule has 0 fully saturated rings. The molecular formula is C34H30. The minimum absolute atomic E-state index is 0.0863. The molecule has 0 aromatic heterocycles. The number of benzene rings is 5. The average molecular weight is 439 g/mol. The van der Waals surface area contributed by atoms with Gasteiger partial charge in [0.2, 0.25) is 0 Å². The highest BCUT2D eigenvalue weighted by Crippen LogP contribution is 2.37. The van der Waals surface area contributed by atoms with Crippen molar-refractivity contribution in [2.75, 3.05) is 0 Å². The molecule has 0 aliphatic carbocycles. The minimum atomic E-state index is -0.0863. The van der Waals surface area contributed by atoms with E-state index in [1.165, 1.54) is 43.1 Å². The van der Waals surface area contributed by atoms with Crippen LogP contribution in [0.25, 0.3) is 43.1 Å². The monoisotopic (exact) mass is 438 g/mol. The Bertz CT molecular complexity index is 1480. The van der Waals surface area contributed by atoms with Gasteiger partial charge in [-0.05, 0) is 109 Å². The van der Waals surface area contributed by atoms with Gasteiger partial charge in [0.25, 0.3) is 0 Å². The Balaban J connectivity index is 2.05. The van der Waals surface area contributed by atoms with Gasteiger partial charge >= 0.3 is 0 Å². The fourth-order valence-corrected chi connectivity index (χ4v) is 4.37. The number of fused-ring (bicyclic) bond motifs is 4. The second-order valence-corrected chi connectivity index (χ2v) is 11.2. The average Bonchev–Trinajstić information content (AvgIpc) is 2.77. The van der Waals surface area contributed by atoms with Crippen molar-refractivity contribution in [3.8, 4) is 23.7 Å². The molecule has 0 saturated heterocycles. The third kappa shape index (κ3) is 4.25. The lowest BCUT2D eigenvalue weighted by Gasteiger charge is -2.15. The molecule has 0 spiro atoms. The van der Waals surface area contributed by atoms with E-state index in [0.717, 1.165) is 11.1 Å². The first-order valence-electron chi connectivity index (χ1n) is 12.0. The molecule has 34 heavy (non-hydrogen) atoms. The minimum Gasteiger partial charge on any atom is -0.0919 e. The summed E-state index contributed by atoms with van der Waals surface area (Å²) in [6.07, 6.45) is 0. The van der Waals surface area contributed by atoms with E-state index < -0.39 is 0 Å². The van der Waals surface area contributed by atoms with E-state index in [0.29, 0.717) is 0 Å². The van der Waals surface area contributed by atoms with E-state index in [4.69, 9.17) is 0 Å². The zero-order chi connectivity index (χ0) is 24.1. The van der Waals surface area contributed by atoms with Crippen molar-refractivity contribution in [2.24, 2.45) is 10.8 Å². The van der Waals surface area contributed by atoms with Crippen LogP contribution < -0.4 is 0 Å². The van der Waals surface area contributed by atoms with Crippen LogP contribution in [0.5, 0.6) is 0 Å². The van der Waals surface area contributed by atoms with E-state index in [1.54, 1.807) is 0 Å². The lowest BCUT2D eigenvalue weighted by Crippen LogP contribution is -2.01. The summed E-state index contributed by atoms with van der Waals surface area (Å²) in [7, 11) is 0. The molecule has 0 aliphatic heterocycles. The van der Waals surface area contributed by atoms with Crippen molar-refractivity contribution in [3.05, 3.63) is 83.9 Å². The molecule has 0 bridgehead atoms. The van der Waals surface area contributed by atoms with Crippen molar-refractivity contribution in [1.29, 1.82) is 0 Å². The first kappa shape index (κ1) is 22.1. The van der Waals surface area contributed by atoms with Gasteiger partial charge in [-0.1, -0.05) is 72.2 Å². The maximum atomic E-state index is 3.60. The third-order valence-electron chi connectivity index (χ3n) is 5.97. The summed E-state index contributed by atoms with van der Waals surface area (Å²) < 4.78 is 0. The zero-order valence-electron chi connectivity index (χ0n) is 20.9. The summed E-state index contributed by atoms with van der Waals surface area (Å²) in [5.41, 5.74) is 2.02. The molecule has 5 aromatic rings. The van der Waals surface area contributed by atoms with E-state index in [1.807, 2.05) is 0 Å². The highest BCUT2D eigenvalue weighted by molar-refractivity contribution is 6.16. The van der Waals surface area contributed by atoms with Crippen molar-refractivity contribution >= 4 is 43.1 Å². The van der Waals surface area contributed by atoms with Crippen LogP contribution in [-0.4, -0.2) is 0 Å². The van der Waals surface area contributed by atoms with Gasteiger partial charge in [-0.25, -0.2) is 0 Å². The standard InChI is InChI=1S/C34H30/c1-33(2,3)17-15-27-29-19-23-11-7-9-13-25(23)21-31(29)28(16-18-34(4,5)6)32-22-26-14-10-8-12-24(26)20-30(27)32/h7-14,19-22H,1-6H3. The SMILES string of the molecule is CC(C)(C)C#Cc1c2cc3ccccc3cc2c(C#CC(C)(C)C)c2cc3ccccc3cc12. The largest absolute Gasteiger partial charge is 0.0919 e. The van der Waals surface area contributed by atoms with Crippen LogP contribution >= 0.6 is 0 Å². The van der Waals surface area contributed by atoms with Gasteiger partial charge < -0.3 is 0 Å². The topological polar surface area (TPSA) is 0 Å². The summed E-state index contributed by atoms with van der Waals surface area (Å²) >= 11 is 0. The van der Waals surface area contributed by atoms with Gasteiger partial charge in [0.05, 0.1) is 0 Å². The summed E-state index contributed by atoms with van der Waals surface area (Å²) in [6.45, 7) is 13.0. The highest BCUT2D eigenvalue weighted by Gasteiger charge is 2.16. The molecule has 166 valence electrons. The summed E-state index contributed by atoms with van der Waals surface area (Å²) in [5, 5.41) is 9.61. The van der Waals surface area contributed by atoms with Crippen LogP contribution in [0.1, 0.15) is 52.7 Å². The molecule has 0 amide bonds. The van der Waals surface area contributed by atoms with Gasteiger partial charge in [0, 0.05) is 22.0 Å². The predicted molar refractivity (Wildman–Crippen MR) is 149 cm³/mol. The Kier molecular flexibility index (Phi) is 5.15. The molecule has 5 aromatic carbocycles. The van der Waals surface area contributed by atoms with E-state index in [2.05, 4.69) is 138 Å². The molecule has 0 atom stereocenters. The molecular weight excluding hydrogens is 408 g/mol. The first-order valence-corrected chi connectivity index (χ1v) is 12.0. The molecule has 0 heteroatoms. The Labute approximate surface area is 203 Å². The molecule has 5 rings (SSSR count). The highest BCUT2D eigenvalue weighted by atomic mass is 14.2. The summed E-state index contributed by atoms with van der Waals surface area (Å²) in [4.78, 5) is 0. The van der Waals surface area contributed by atoms with Crippen LogP contribution in [0.3, 0.4) is 0 Å². The second-order valence-electron chi connectivity index (χ2n) is 11.2. The normalized spacial score (nSPS) is 11.9. The van der Waals surface area contributed by atoms with Gasteiger partial charge in [-0.15, -0.1) is 0 Å². The maximum absolute atomic E-state index is 3.60. The van der Waals surface area contributed by atoms with Crippen molar-refractivity contribution < 1.29 is 0 Å². The van der Waals surface area contributed by atoms with E-state index in [9.17, 15) is 0 Å². The van der Waals surface area contributed by atoms with Gasteiger partial charge in [0.15, 0.2) is 0 Å². The van der Waals surface area contributed by atoms with E-state index >= 15 is 0 Å².